The molecule has 0 spiro atoms. The van der Waals surface area contributed by atoms with Crippen molar-refractivity contribution >= 4 is 58.3 Å². The second-order valence-electron chi connectivity index (χ2n) is 10.8. The maximum atomic E-state index is 13.4. The molecule has 1 fully saturated rings. The van der Waals surface area contributed by atoms with Crippen LogP contribution in [0.4, 0.5) is 11.4 Å². The molecule has 45 heavy (non-hydrogen) atoms. The number of halogens is 2. The van der Waals surface area contributed by atoms with E-state index >= 15 is 0 Å². The summed E-state index contributed by atoms with van der Waals surface area (Å²) in [6, 6.07) is 26.0. The molecule has 4 aromatic rings. The molecule has 2 aliphatic rings. The Labute approximate surface area is 274 Å². The molecular weight excluding hydrogens is 635 g/mol. The van der Waals surface area contributed by atoms with Crippen molar-refractivity contribution in [2.45, 2.75) is 40.8 Å². The Hall–Kier alpha value is -4.05. The van der Waals surface area contributed by atoms with Crippen LogP contribution in [0, 0.1) is 16.0 Å². The summed E-state index contributed by atoms with van der Waals surface area (Å²) in [5.74, 6) is -1.26. The highest BCUT2D eigenvalue weighted by Crippen LogP contribution is 2.58. The highest BCUT2D eigenvalue weighted by atomic mass is 35.5. The standard InChI is InChI=1S/C34H28Cl2N2O6S/c1-2-43-34(40)22-7-3-5-9-27(22)44-33(39)20-13-16-25-23(17-20)30-24(32(37-25)19-11-14-21(35)15-12-19)18-29(31(30)36)45-28-10-6-4-8-26(28)38(41)42/h3-17,24,29-32,37H,2,18H2,1H3/t24-,29+,30-,31+,32+/m0/s1. The van der Waals surface area contributed by atoms with E-state index in [9.17, 15) is 19.7 Å². The summed E-state index contributed by atoms with van der Waals surface area (Å²) >= 11 is 14.9. The SMILES string of the molecule is CCOC(=O)c1ccccc1OC(=O)c1ccc2c(c1)[C@@H]1[C@H](Cl)[C@H](Sc3ccccc3[N+](=O)[O-])C[C@@H]1[C@@H](c1ccc(Cl)cc1)N2. The van der Waals surface area contributed by atoms with Crippen LogP contribution < -0.4 is 10.1 Å². The van der Waals surface area contributed by atoms with Gasteiger partial charge in [0.1, 0.15) is 11.3 Å². The van der Waals surface area contributed by atoms with E-state index < -0.39 is 17.3 Å². The van der Waals surface area contributed by atoms with Gasteiger partial charge in [-0.25, -0.2) is 9.59 Å². The lowest BCUT2D eigenvalue weighted by Gasteiger charge is -2.38. The third-order valence-corrected chi connectivity index (χ3v) is 10.6. The fourth-order valence-corrected chi connectivity index (χ4v) is 8.28. The second-order valence-corrected chi connectivity index (χ2v) is 13.1. The number of nitro groups is 1. The summed E-state index contributed by atoms with van der Waals surface area (Å²) in [5.41, 5.74) is 3.24. The first-order chi connectivity index (χ1) is 21.7. The van der Waals surface area contributed by atoms with Crippen molar-refractivity contribution in [3.8, 4) is 5.75 Å². The number of hydrogen-bond acceptors (Lipinski definition) is 8. The van der Waals surface area contributed by atoms with E-state index in [0.717, 1.165) is 16.8 Å². The monoisotopic (exact) mass is 662 g/mol. The minimum Gasteiger partial charge on any atom is -0.462 e. The van der Waals surface area contributed by atoms with E-state index in [1.54, 1.807) is 61.5 Å². The zero-order valence-electron chi connectivity index (χ0n) is 24.0. The number of benzene rings is 4. The number of nitro benzene ring substituents is 1. The Morgan fingerprint density at radius 1 is 1.00 bits per heavy atom. The lowest BCUT2D eigenvalue weighted by molar-refractivity contribution is -0.387. The topological polar surface area (TPSA) is 108 Å². The van der Waals surface area contributed by atoms with E-state index in [-0.39, 0.29) is 51.7 Å². The number of alkyl halides is 1. The maximum absolute atomic E-state index is 13.4. The number of hydrogen-bond donors (Lipinski definition) is 1. The number of fused-ring (bicyclic) bond motifs is 3. The number of ether oxygens (including phenoxy) is 2. The number of anilines is 1. The summed E-state index contributed by atoms with van der Waals surface area (Å²) in [6.45, 7) is 1.89. The van der Waals surface area contributed by atoms with Crippen molar-refractivity contribution in [3.05, 3.63) is 128 Å². The molecule has 1 saturated carbocycles. The van der Waals surface area contributed by atoms with Crippen LogP contribution in [0.25, 0.3) is 0 Å². The fourth-order valence-electron chi connectivity index (χ4n) is 6.21. The van der Waals surface area contributed by atoms with E-state index in [1.165, 1.54) is 17.8 Å². The van der Waals surface area contributed by atoms with Crippen LogP contribution in [0.1, 0.15) is 57.1 Å². The van der Waals surface area contributed by atoms with Crippen LogP contribution in [0.15, 0.2) is 95.9 Å². The molecule has 0 radical (unpaired) electrons. The third-order valence-electron chi connectivity index (χ3n) is 8.20. The second kappa shape index (κ2) is 13.1. The number of rotatable bonds is 8. The van der Waals surface area contributed by atoms with Gasteiger partial charge >= 0.3 is 11.9 Å². The lowest BCUT2D eigenvalue weighted by atomic mass is 9.77. The predicted octanol–water partition coefficient (Wildman–Crippen LogP) is 8.68. The van der Waals surface area contributed by atoms with Gasteiger partial charge in [-0.05, 0) is 78.9 Å². The summed E-state index contributed by atoms with van der Waals surface area (Å²) in [5, 5.41) is 15.5. The molecule has 8 nitrogen and oxygen atoms in total. The molecule has 0 amide bonds. The van der Waals surface area contributed by atoms with Gasteiger partial charge in [0.2, 0.25) is 0 Å². The number of para-hydroxylation sites is 2. The van der Waals surface area contributed by atoms with Crippen LogP contribution in [-0.4, -0.2) is 34.1 Å². The first-order valence-corrected chi connectivity index (χ1v) is 16.1. The Morgan fingerprint density at radius 3 is 2.49 bits per heavy atom. The van der Waals surface area contributed by atoms with Gasteiger partial charge in [-0.1, -0.05) is 48.0 Å². The fraction of sp³-hybridized carbons (Fsp3) is 0.235. The zero-order valence-corrected chi connectivity index (χ0v) is 26.4. The van der Waals surface area contributed by atoms with Crippen LogP contribution in [0.5, 0.6) is 5.75 Å². The van der Waals surface area contributed by atoms with Gasteiger partial charge in [-0.15, -0.1) is 23.4 Å². The molecule has 6 rings (SSSR count). The van der Waals surface area contributed by atoms with E-state index in [0.29, 0.717) is 21.9 Å². The van der Waals surface area contributed by atoms with Gasteiger partial charge < -0.3 is 14.8 Å². The van der Waals surface area contributed by atoms with Crippen LogP contribution in [0.2, 0.25) is 5.02 Å². The van der Waals surface area contributed by atoms with Crippen LogP contribution in [-0.2, 0) is 4.74 Å². The van der Waals surface area contributed by atoms with Crippen molar-refractivity contribution in [2.75, 3.05) is 11.9 Å². The van der Waals surface area contributed by atoms with Crippen molar-refractivity contribution in [3.63, 3.8) is 0 Å². The molecule has 0 bridgehead atoms. The summed E-state index contributed by atoms with van der Waals surface area (Å²) in [6.07, 6.45) is 0.677. The van der Waals surface area contributed by atoms with Crippen molar-refractivity contribution in [1.82, 2.24) is 0 Å². The molecule has 1 aliphatic carbocycles. The molecule has 0 aromatic heterocycles. The molecule has 0 saturated heterocycles. The number of esters is 2. The zero-order chi connectivity index (χ0) is 31.7. The summed E-state index contributed by atoms with van der Waals surface area (Å²) in [7, 11) is 0. The van der Waals surface area contributed by atoms with Gasteiger partial charge in [-0.3, -0.25) is 10.1 Å². The minimum absolute atomic E-state index is 0.0113. The van der Waals surface area contributed by atoms with E-state index in [4.69, 9.17) is 32.7 Å². The van der Waals surface area contributed by atoms with Crippen molar-refractivity contribution in [2.24, 2.45) is 5.92 Å². The summed E-state index contributed by atoms with van der Waals surface area (Å²) < 4.78 is 10.8. The number of nitrogens with zero attached hydrogens (tertiary/aromatic N) is 1. The van der Waals surface area contributed by atoms with Crippen molar-refractivity contribution in [1.29, 1.82) is 0 Å². The molecule has 0 unspecified atom stereocenters. The lowest BCUT2D eigenvalue weighted by Crippen LogP contribution is -2.31. The average Bonchev–Trinajstić information content (AvgIpc) is 3.37. The molecular formula is C34H28Cl2N2O6S. The first kappa shape index (κ1) is 31.0. The normalized spacial score (nSPS) is 21.6. The van der Waals surface area contributed by atoms with Gasteiger partial charge in [0, 0.05) is 27.9 Å². The molecule has 230 valence electrons. The Balaban J connectivity index is 1.34. The maximum Gasteiger partial charge on any atom is 0.343 e. The number of nitrogens with one attached hydrogen (secondary N) is 1. The third kappa shape index (κ3) is 6.25. The molecule has 1 heterocycles. The Kier molecular flexibility index (Phi) is 9.03. The molecule has 11 heteroatoms. The van der Waals surface area contributed by atoms with Gasteiger partial charge in [0.15, 0.2) is 0 Å². The van der Waals surface area contributed by atoms with Crippen LogP contribution in [0.3, 0.4) is 0 Å². The highest BCUT2D eigenvalue weighted by Gasteiger charge is 2.50. The van der Waals surface area contributed by atoms with Gasteiger partial charge in [0.05, 0.1) is 33.4 Å². The molecule has 4 aromatic carbocycles. The van der Waals surface area contributed by atoms with Gasteiger partial charge in [0.25, 0.3) is 5.69 Å². The Morgan fingerprint density at radius 2 is 1.73 bits per heavy atom. The van der Waals surface area contributed by atoms with E-state index in [1.807, 2.05) is 30.3 Å². The number of carbonyl (C=O) groups is 2. The predicted molar refractivity (Wildman–Crippen MR) is 175 cm³/mol. The number of thioether (sulfide) groups is 1. The van der Waals surface area contributed by atoms with E-state index in [2.05, 4.69) is 5.32 Å². The molecule has 1 aliphatic heterocycles. The van der Waals surface area contributed by atoms with Crippen molar-refractivity contribution < 1.29 is 24.0 Å². The summed E-state index contributed by atoms with van der Waals surface area (Å²) in [4.78, 5) is 37.8. The first-order valence-electron chi connectivity index (χ1n) is 14.4. The minimum atomic E-state index is -0.624. The quantitative estimate of drug-likeness (QED) is 0.0656. The molecule has 5 atom stereocenters. The average molecular weight is 664 g/mol. The van der Waals surface area contributed by atoms with Crippen LogP contribution >= 0.6 is 35.0 Å². The largest absolute Gasteiger partial charge is 0.462 e. The molecule has 1 N–H and O–H groups in total. The smallest absolute Gasteiger partial charge is 0.343 e. The number of carbonyl (C=O) groups excluding carboxylic acids is 2. The highest BCUT2D eigenvalue weighted by molar-refractivity contribution is 8.00. The van der Waals surface area contributed by atoms with Gasteiger partial charge in [-0.2, -0.15) is 0 Å². The Bertz CT molecular complexity index is 1770.